The van der Waals surface area contributed by atoms with Crippen LogP contribution in [0.25, 0.3) is 0 Å². The van der Waals surface area contributed by atoms with E-state index in [1.54, 1.807) is 28.7 Å². The largest absolute Gasteiger partial charge is 0.433 e. The second-order valence-corrected chi connectivity index (χ2v) is 4.34. The molecule has 1 aromatic rings. The number of rotatable bonds is 0. The van der Waals surface area contributed by atoms with Crippen molar-refractivity contribution >= 4 is 45.2 Å². The molecule has 0 saturated heterocycles. The van der Waals surface area contributed by atoms with Crippen molar-refractivity contribution in [1.29, 1.82) is 0 Å². The molecular formula is C6H2F3I2N. The van der Waals surface area contributed by atoms with E-state index in [4.69, 9.17) is 0 Å². The first-order chi connectivity index (χ1) is 5.39. The predicted octanol–water partition coefficient (Wildman–Crippen LogP) is 3.31. The molecule has 66 valence electrons. The van der Waals surface area contributed by atoms with Gasteiger partial charge >= 0.3 is 6.18 Å². The van der Waals surface area contributed by atoms with Gasteiger partial charge < -0.3 is 0 Å². The average molecular weight is 399 g/mol. The highest BCUT2D eigenvalue weighted by Gasteiger charge is 2.32. The van der Waals surface area contributed by atoms with E-state index >= 15 is 0 Å². The molecule has 0 aliphatic heterocycles. The molecule has 0 aliphatic rings. The Bertz CT molecular complexity index is 277. The normalized spacial score (nSPS) is 11.8. The third-order valence-corrected chi connectivity index (χ3v) is 2.22. The van der Waals surface area contributed by atoms with Gasteiger partial charge in [-0.25, -0.2) is 4.98 Å². The van der Waals surface area contributed by atoms with E-state index in [2.05, 4.69) is 4.98 Å². The molecule has 12 heavy (non-hydrogen) atoms. The smallest absolute Gasteiger partial charge is 0.237 e. The molecule has 0 spiro atoms. The molecule has 0 amide bonds. The lowest BCUT2D eigenvalue weighted by Gasteiger charge is -2.05. The first-order valence-corrected chi connectivity index (χ1v) is 4.95. The summed E-state index contributed by atoms with van der Waals surface area (Å²) in [5, 5.41) is 0. The second-order valence-electron chi connectivity index (χ2n) is 1.99. The quantitative estimate of drug-likeness (QED) is 0.482. The fourth-order valence-electron chi connectivity index (χ4n) is 0.611. The minimum atomic E-state index is -4.35. The summed E-state index contributed by atoms with van der Waals surface area (Å²) < 4.78 is 37.1. The molecule has 1 heterocycles. The lowest BCUT2D eigenvalue weighted by atomic mass is 10.3. The maximum absolute atomic E-state index is 12.1. The van der Waals surface area contributed by atoms with Gasteiger partial charge in [0.2, 0.25) is 0 Å². The molecule has 0 bridgehead atoms. The third-order valence-electron chi connectivity index (χ3n) is 1.05. The highest BCUT2D eigenvalue weighted by molar-refractivity contribution is 14.1. The van der Waals surface area contributed by atoms with Gasteiger partial charge in [0.1, 0.15) is 9.39 Å². The molecule has 6 heteroatoms. The SMILES string of the molecule is FC(F)(F)c1cc(I)cc(I)n1. The summed E-state index contributed by atoms with van der Waals surface area (Å²) in [6.45, 7) is 0. The van der Waals surface area contributed by atoms with Crippen LogP contribution in [0.4, 0.5) is 13.2 Å². The fourth-order valence-corrected chi connectivity index (χ4v) is 2.39. The molecule has 0 fully saturated rings. The summed E-state index contributed by atoms with van der Waals surface area (Å²) in [6, 6.07) is 2.60. The molecule has 0 N–H and O–H groups in total. The summed E-state index contributed by atoms with van der Waals surface area (Å²) in [7, 11) is 0. The summed E-state index contributed by atoms with van der Waals surface area (Å²) in [4.78, 5) is 3.36. The van der Waals surface area contributed by atoms with E-state index < -0.39 is 11.9 Å². The maximum atomic E-state index is 12.1. The summed E-state index contributed by atoms with van der Waals surface area (Å²) in [5.74, 6) is 0. The molecule has 0 aliphatic carbocycles. The highest BCUT2D eigenvalue weighted by Crippen LogP contribution is 2.28. The first kappa shape index (κ1) is 10.5. The maximum Gasteiger partial charge on any atom is 0.433 e. The van der Waals surface area contributed by atoms with Crippen molar-refractivity contribution in [3.8, 4) is 0 Å². The van der Waals surface area contributed by atoms with Crippen molar-refractivity contribution in [2.75, 3.05) is 0 Å². The highest BCUT2D eigenvalue weighted by atomic mass is 127. The van der Waals surface area contributed by atoms with Crippen molar-refractivity contribution in [1.82, 2.24) is 4.98 Å². The molecule has 1 rings (SSSR count). The van der Waals surface area contributed by atoms with Crippen LogP contribution < -0.4 is 0 Å². The number of alkyl halides is 3. The minimum absolute atomic E-state index is 0.354. The molecule has 1 nitrogen and oxygen atoms in total. The van der Waals surface area contributed by atoms with Crippen LogP contribution in [0.5, 0.6) is 0 Å². The van der Waals surface area contributed by atoms with Crippen molar-refractivity contribution in [3.05, 3.63) is 25.1 Å². The Morgan fingerprint density at radius 2 is 1.75 bits per heavy atom. The lowest BCUT2D eigenvalue weighted by molar-refractivity contribution is -0.141. The monoisotopic (exact) mass is 399 g/mol. The Morgan fingerprint density at radius 3 is 2.17 bits per heavy atom. The van der Waals surface area contributed by atoms with Crippen molar-refractivity contribution in [2.45, 2.75) is 6.18 Å². The number of halogens is 5. The van der Waals surface area contributed by atoms with Crippen molar-refractivity contribution in [2.24, 2.45) is 0 Å². The molecule has 1 aromatic heterocycles. The van der Waals surface area contributed by atoms with Gasteiger partial charge in [-0.15, -0.1) is 0 Å². The van der Waals surface area contributed by atoms with Crippen molar-refractivity contribution < 1.29 is 13.2 Å². The Kier molecular flexibility index (Phi) is 3.18. The minimum Gasteiger partial charge on any atom is -0.237 e. The van der Waals surface area contributed by atoms with E-state index in [0.717, 1.165) is 6.07 Å². The summed E-state index contributed by atoms with van der Waals surface area (Å²) in [6.07, 6.45) is -4.35. The van der Waals surface area contributed by atoms with E-state index in [1.807, 2.05) is 22.6 Å². The number of aromatic nitrogens is 1. The van der Waals surface area contributed by atoms with Gasteiger partial charge in [0.15, 0.2) is 0 Å². The topological polar surface area (TPSA) is 12.9 Å². The zero-order chi connectivity index (χ0) is 9.35. The standard InChI is InChI=1S/C6H2F3I2N/c7-6(8,9)4-1-3(10)2-5(11)12-4/h1-2H. The van der Waals surface area contributed by atoms with Gasteiger partial charge in [-0.1, -0.05) is 0 Å². The van der Waals surface area contributed by atoms with E-state index in [-0.39, 0.29) is 0 Å². The number of hydrogen-bond donors (Lipinski definition) is 0. The van der Waals surface area contributed by atoms with Gasteiger partial charge in [0.25, 0.3) is 0 Å². The number of pyridine rings is 1. The molecule has 0 aromatic carbocycles. The van der Waals surface area contributed by atoms with Crippen LogP contribution in [-0.4, -0.2) is 4.98 Å². The third kappa shape index (κ3) is 2.71. The van der Waals surface area contributed by atoms with Crippen LogP contribution >= 0.6 is 45.2 Å². The molecular weight excluding hydrogens is 397 g/mol. The van der Waals surface area contributed by atoms with Crippen LogP contribution in [0.3, 0.4) is 0 Å². The lowest BCUT2D eigenvalue weighted by Crippen LogP contribution is -2.08. The van der Waals surface area contributed by atoms with Crippen LogP contribution in [0, 0.1) is 7.27 Å². The molecule has 0 atom stereocenters. The zero-order valence-corrected chi connectivity index (χ0v) is 9.81. The fraction of sp³-hybridized carbons (Fsp3) is 0.167. The van der Waals surface area contributed by atoms with Crippen LogP contribution in [-0.2, 0) is 6.18 Å². The van der Waals surface area contributed by atoms with E-state index in [0.29, 0.717) is 7.27 Å². The first-order valence-electron chi connectivity index (χ1n) is 2.80. The van der Waals surface area contributed by atoms with E-state index in [9.17, 15) is 13.2 Å². The van der Waals surface area contributed by atoms with Gasteiger partial charge in [-0.3, -0.25) is 0 Å². The van der Waals surface area contributed by atoms with Crippen molar-refractivity contribution in [3.63, 3.8) is 0 Å². The molecule has 0 radical (unpaired) electrons. The van der Waals surface area contributed by atoms with Crippen LogP contribution in [0.1, 0.15) is 5.69 Å². The Hall–Kier alpha value is 0.400. The van der Waals surface area contributed by atoms with Gasteiger partial charge in [0, 0.05) is 3.57 Å². The molecule has 0 saturated carbocycles. The summed E-state index contributed by atoms with van der Waals surface area (Å²) in [5.41, 5.74) is -0.834. The summed E-state index contributed by atoms with van der Waals surface area (Å²) >= 11 is 3.58. The van der Waals surface area contributed by atoms with Gasteiger partial charge in [-0.2, -0.15) is 13.2 Å². The van der Waals surface area contributed by atoms with Gasteiger partial charge in [0.05, 0.1) is 0 Å². The number of hydrogen-bond acceptors (Lipinski definition) is 1. The average Bonchev–Trinajstić information content (AvgIpc) is 1.82. The Labute approximate surface area is 94.0 Å². The second kappa shape index (κ2) is 3.64. The van der Waals surface area contributed by atoms with Crippen LogP contribution in [0.2, 0.25) is 0 Å². The Morgan fingerprint density at radius 1 is 1.17 bits per heavy atom. The Balaban J connectivity index is 3.18. The van der Waals surface area contributed by atoms with E-state index in [1.165, 1.54) is 0 Å². The molecule has 0 unspecified atom stereocenters. The van der Waals surface area contributed by atoms with Crippen LogP contribution in [0.15, 0.2) is 12.1 Å². The van der Waals surface area contributed by atoms with Gasteiger partial charge in [-0.05, 0) is 57.3 Å². The number of nitrogens with zero attached hydrogens (tertiary/aromatic N) is 1. The zero-order valence-electron chi connectivity index (χ0n) is 5.49. The predicted molar refractivity (Wildman–Crippen MR) is 54.7 cm³/mol.